The van der Waals surface area contributed by atoms with Crippen LogP contribution in [0.4, 0.5) is 4.39 Å². The summed E-state index contributed by atoms with van der Waals surface area (Å²) in [6.45, 7) is 3.99. The zero-order valence-corrected chi connectivity index (χ0v) is 12.5. The third kappa shape index (κ3) is 3.70. The van der Waals surface area contributed by atoms with Crippen LogP contribution in [0, 0.1) is 12.7 Å². The Morgan fingerprint density at radius 1 is 1.15 bits per heavy atom. The van der Waals surface area contributed by atoms with Gasteiger partial charge in [-0.05, 0) is 48.1 Å². The molecule has 0 aliphatic carbocycles. The second kappa shape index (κ2) is 6.71. The minimum absolute atomic E-state index is 0.0201. The minimum atomic E-state index is -0.298. The van der Waals surface area contributed by atoms with E-state index in [1.807, 2.05) is 31.2 Å². The van der Waals surface area contributed by atoms with Crippen LogP contribution in [0.25, 0.3) is 0 Å². The number of carbonyl (C=O) groups excluding carboxylic acids is 1. The predicted octanol–water partition coefficient (Wildman–Crippen LogP) is 4.67. The molecule has 0 fully saturated rings. The second-order valence-corrected chi connectivity index (χ2v) is 5.97. The molecule has 104 valence electrons. The van der Waals surface area contributed by atoms with Gasteiger partial charge in [0.25, 0.3) is 0 Å². The quantitative estimate of drug-likeness (QED) is 0.587. The molecule has 0 aromatic heterocycles. The summed E-state index contributed by atoms with van der Waals surface area (Å²) in [5.41, 5.74) is 2.37. The Labute approximate surface area is 123 Å². The summed E-state index contributed by atoms with van der Waals surface area (Å²) < 4.78 is 13.2. The number of rotatable bonds is 5. The van der Waals surface area contributed by atoms with Gasteiger partial charge in [-0.1, -0.05) is 25.1 Å². The lowest BCUT2D eigenvalue weighted by atomic mass is 9.99. The van der Waals surface area contributed by atoms with Gasteiger partial charge in [0.15, 0.2) is 5.78 Å². The van der Waals surface area contributed by atoms with Crippen molar-refractivity contribution in [1.82, 2.24) is 0 Å². The molecule has 1 nitrogen and oxygen atoms in total. The van der Waals surface area contributed by atoms with Gasteiger partial charge in [0.05, 0.1) is 0 Å². The molecule has 0 heterocycles. The van der Waals surface area contributed by atoms with Crippen LogP contribution in [0.2, 0.25) is 0 Å². The Kier molecular flexibility index (Phi) is 4.96. The molecule has 0 atom stereocenters. The summed E-state index contributed by atoms with van der Waals surface area (Å²) in [4.78, 5) is 13.4. The summed E-state index contributed by atoms with van der Waals surface area (Å²) in [6.07, 6.45) is 0.240. The number of Topliss-reactive ketones (excluding diaryl/α,β-unsaturated/α-hetero) is 1. The molecular formula is C17H17FOS. The lowest BCUT2D eigenvalue weighted by molar-refractivity contribution is 0.0992. The highest BCUT2D eigenvalue weighted by atomic mass is 32.2. The molecule has 20 heavy (non-hydrogen) atoms. The summed E-state index contributed by atoms with van der Waals surface area (Å²) >= 11 is 1.74. The number of ketones is 1. The first-order valence-corrected chi connectivity index (χ1v) is 7.60. The van der Waals surface area contributed by atoms with E-state index in [9.17, 15) is 9.18 Å². The van der Waals surface area contributed by atoms with Gasteiger partial charge in [0.2, 0.25) is 0 Å². The van der Waals surface area contributed by atoms with E-state index >= 15 is 0 Å². The highest BCUT2D eigenvalue weighted by Gasteiger charge is 2.09. The van der Waals surface area contributed by atoms with Gasteiger partial charge in [-0.3, -0.25) is 4.79 Å². The molecule has 0 aliphatic heterocycles. The van der Waals surface area contributed by atoms with Crippen LogP contribution in [0.1, 0.15) is 28.4 Å². The number of hydrogen-bond acceptors (Lipinski definition) is 2. The molecule has 3 heteroatoms. The number of thioether (sulfide) groups is 1. The van der Waals surface area contributed by atoms with Crippen molar-refractivity contribution in [2.75, 3.05) is 5.75 Å². The summed E-state index contributed by atoms with van der Waals surface area (Å²) in [7, 11) is 0. The number of carbonyl (C=O) groups is 1. The van der Waals surface area contributed by atoms with Crippen molar-refractivity contribution >= 4 is 17.5 Å². The summed E-state index contributed by atoms with van der Waals surface area (Å²) in [6, 6.07) is 12.2. The zero-order chi connectivity index (χ0) is 14.5. The van der Waals surface area contributed by atoms with E-state index < -0.39 is 0 Å². The van der Waals surface area contributed by atoms with Crippen LogP contribution in [0.15, 0.2) is 47.4 Å². The van der Waals surface area contributed by atoms with Crippen molar-refractivity contribution in [3.05, 3.63) is 65.0 Å². The van der Waals surface area contributed by atoms with E-state index in [1.54, 1.807) is 17.8 Å². The van der Waals surface area contributed by atoms with Crippen molar-refractivity contribution in [3.63, 3.8) is 0 Å². The number of halogens is 1. The molecule has 0 spiro atoms. The maximum atomic E-state index is 13.2. The summed E-state index contributed by atoms with van der Waals surface area (Å²) in [5, 5.41) is 0. The topological polar surface area (TPSA) is 17.1 Å². The van der Waals surface area contributed by atoms with Gasteiger partial charge in [0.1, 0.15) is 5.82 Å². The van der Waals surface area contributed by atoms with Crippen LogP contribution in [-0.2, 0) is 6.42 Å². The van der Waals surface area contributed by atoms with Crippen LogP contribution in [0.5, 0.6) is 0 Å². The molecule has 2 aromatic rings. The Morgan fingerprint density at radius 2 is 1.85 bits per heavy atom. The molecule has 0 saturated heterocycles. The molecule has 2 aromatic carbocycles. The van der Waals surface area contributed by atoms with E-state index in [0.717, 1.165) is 21.8 Å². The number of benzene rings is 2. The third-order valence-corrected chi connectivity index (χ3v) is 4.04. The maximum absolute atomic E-state index is 13.2. The van der Waals surface area contributed by atoms with Crippen LogP contribution in [0.3, 0.4) is 0 Å². The van der Waals surface area contributed by atoms with Crippen molar-refractivity contribution in [2.24, 2.45) is 0 Å². The van der Waals surface area contributed by atoms with Gasteiger partial charge in [-0.15, -0.1) is 11.8 Å². The highest BCUT2D eigenvalue weighted by molar-refractivity contribution is 7.99. The Hall–Kier alpha value is -1.61. The van der Waals surface area contributed by atoms with E-state index in [2.05, 4.69) is 6.92 Å². The molecule has 0 bridgehead atoms. The van der Waals surface area contributed by atoms with E-state index in [-0.39, 0.29) is 18.0 Å². The summed E-state index contributed by atoms with van der Waals surface area (Å²) in [5.74, 6) is 0.732. The lowest BCUT2D eigenvalue weighted by Gasteiger charge is -2.06. The fourth-order valence-corrected chi connectivity index (χ4v) is 2.67. The Morgan fingerprint density at radius 3 is 2.50 bits per heavy atom. The molecule has 0 radical (unpaired) electrons. The average Bonchev–Trinajstić information content (AvgIpc) is 2.44. The largest absolute Gasteiger partial charge is 0.294 e. The van der Waals surface area contributed by atoms with Gasteiger partial charge < -0.3 is 0 Å². The molecule has 0 amide bonds. The molecule has 2 rings (SSSR count). The predicted molar refractivity (Wildman–Crippen MR) is 82.0 cm³/mol. The SMILES string of the molecule is CCSc1ccc(C(=O)Cc2cc(F)ccc2C)cc1. The first-order valence-electron chi connectivity index (χ1n) is 6.61. The fourth-order valence-electron chi connectivity index (χ4n) is 2.01. The molecule has 0 N–H and O–H groups in total. The van der Waals surface area contributed by atoms with Crippen molar-refractivity contribution < 1.29 is 9.18 Å². The lowest BCUT2D eigenvalue weighted by Crippen LogP contribution is -2.05. The van der Waals surface area contributed by atoms with E-state index in [0.29, 0.717) is 5.56 Å². The van der Waals surface area contributed by atoms with Crippen molar-refractivity contribution in [2.45, 2.75) is 25.2 Å². The maximum Gasteiger partial charge on any atom is 0.167 e. The zero-order valence-electron chi connectivity index (χ0n) is 11.7. The Balaban J connectivity index is 2.13. The van der Waals surface area contributed by atoms with Gasteiger partial charge >= 0.3 is 0 Å². The number of hydrogen-bond donors (Lipinski definition) is 0. The first kappa shape index (κ1) is 14.8. The fraction of sp³-hybridized carbons (Fsp3) is 0.235. The standard InChI is InChI=1S/C17H17FOS/c1-3-20-16-8-5-13(6-9-16)17(19)11-14-10-15(18)7-4-12(14)2/h4-10H,3,11H2,1-2H3. The van der Waals surface area contributed by atoms with Crippen molar-refractivity contribution in [1.29, 1.82) is 0 Å². The van der Waals surface area contributed by atoms with Crippen LogP contribution >= 0.6 is 11.8 Å². The smallest absolute Gasteiger partial charge is 0.167 e. The van der Waals surface area contributed by atoms with Gasteiger partial charge in [-0.25, -0.2) is 4.39 Å². The van der Waals surface area contributed by atoms with Crippen molar-refractivity contribution in [3.8, 4) is 0 Å². The normalized spacial score (nSPS) is 10.6. The molecular weight excluding hydrogens is 271 g/mol. The van der Waals surface area contributed by atoms with Gasteiger partial charge in [0, 0.05) is 16.9 Å². The second-order valence-electron chi connectivity index (χ2n) is 4.63. The van der Waals surface area contributed by atoms with Crippen LogP contribution in [-0.4, -0.2) is 11.5 Å². The van der Waals surface area contributed by atoms with Crippen LogP contribution < -0.4 is 0 Å². The Bertz CT molecular complexity index is 605. The molecule has 0 aliphatic rings. The monoisotopic (exact) mass is 288 g/mol. The molecule has 0 saturated carbocycles. The number of aryl methyl sites for hydroxylation is 1. The minimum Gasteiger partial charge on any atom is -0.294 e. The first-order chi connectivity index (χ1) is 9.60. The van der Waals surface area contributed by atoms with E-state index in [4.69, 9.17) is 0 Å². The highest BCUT2D eigenvalue weighted by Crippen LogP contribution is 2.19. The average molecular weight is 288 g/mol. The molecule has 0 unspecified atom stereocenters. The third-order valence-electron chi connectivity index (χ3n) is 3.15. The van der Waals surface area contributed by atoms with Gasteiger partial charge in [-0.2, -0.15) is 0 Å². The van der Waals surface area contributed by atoms with E-state index in [1.165, 1.54) is 12.1 Å².